The Morgan fingerprint density at radius 1 is 1.14 bits per heavy atom. The Kier molecular flexibility index (Phi) is 6.85. The Hall–Kier alpha value is -3.07. The van der Waals surface area contributed by atoms with Crippen molar-refractivity contribution in [2.45, 2.75) is 11.6 Å². The van der Waals surface area contributed by atoms with Gasteiger partial charge in [0.1, 0.15) is 17.2 Å². The lowest BCUT2D eigenvalue weighted by Crippen LogP contribution is -2.27. The first-order valence-corrected chi connectivity index (χ1v) is 9.64. The molecule has 0 atom stereocenters. The molecule has 1 heterocycles. The minimum Gasteiger partial charge on any atom is -0.497 e. The van der Waals surface area contributed by atoms with Crippen molar-refractivity contribution in [1.82, 2.24) is 25.5 Å². The molecular formula is C19H21N5O3S. The van der Waals surface area contributed by atoms with Gasteiger partial charge in [-0.15, -0.1) is 5.10 Å². The zero-order valence-corrected chi connectivity index (χ0v) is 16.5. The predicted octanol–water partition coefficient (Wildman–Crippen LogP) is 2.13. The van der Waals surface area contributed by atoms with E-state index in [9.17, 15) is 4.79 Å². The number of benzene rings is 2. The maximum absolute atomic E-state index is 12.1. The van der Waals surface area contributed by atoms with Crippen molar-refractivity contribution in [1.29, 1.82) is 0 Å². The van der Waals surface area contributed by atoms with Gasteiger partial charge in [-0.05, 0) is 34.5 Å². The molecule has 28 heavy (non-hydrogen) atoms. The normalized spacial score (nSPS) is 10.5. The van der Waals surface area contributed by atoms with Gasteiger partial charge in [-0.25, -0.2) is 0 Å². The summed E-state index contributed by atoms with van der Waals surface area (Å²) in [5, 5.41) is 15.2. The van der Waals surface area contributed by atoms with E-state index in [-0.39, 0.29) is 11.7 Å². The maximum atomic E-state index is 12.1. The number of hydrogen-bond acceptors (Lipinski definition) is 7. The maximum Gasteiger partial charge on any atom is 0.230 e. The highest BCUT2D eigenvalue weighted by atomic mass is 32.2. The van der Waals surface area contributed by atoms with Gasteiger partial charge in [-0.3, -0.25) is 4.79 Å². The minimum atomic E-state index is -0.0721. The molecule has 0 bridgehead atoms. The Morgan fingerprint density at radius 3 is 2.71 bits per heavy atom. The van der Waals surface area contributed by atoms with Crippen molar-refractivity contribution >= 4 is 17.7 Å². The summed E-state index contributed by atoms with van der Waals surface area (Å²) in [6.45, 7) is 0.584. The van der Waals surface area contributed by atoms with Gasteiger partial charge in [0.25, 0.3) is 0 Å². The van der Waals surface area contributed by atoms with Gasteiger partial charge in [0.15, 0.2) is 0 Å². The van der Waals surface area contributed by atoms with Crippen LogP contribution >= 0.6 is 11.8 Å². The van der Waals surface area contributed by atoms with Gasteiger partial charge >= 0.3 is 0 Å². The third-order valence-electron chi connectivity index (χ3n) is 3.97. The Balaban J connectivity index is 1.58. The van der Waals surface area contributed by atoms with Gasteiger partial charge in [-0.2, -0.15) is 4.68 Å². The molecular weight excluding hydrogens is 378 g/mol. The summed E-state index contributed by atoms with van der Waals surface area (Å²) < 4.78 is 12.2. The molecule has 146 valence electrons. The number of hydrogen-bond donors (Lipinski definition) is 1. The second-order valence-corrected chi connectivity index (χ2v) is 6.73. The summed E-state index contributed by atoms with van der Waals surface area (Å²) in [7, 11) is 3.15. The molecule has 8 nitrogen and oxygen atoms in total. The van der Waals surface area contributed by atoms with E-state index in [4.69, 9.17) is 9.47 Å². The van der Waals surface area contributed by atoms with Crippen LogP contribution in [0.5, 0.6) is 11.5 Å². The number of thioether (sulfide) groups is 1. The average Bonchev–Trinajstić information content (AvgIpc) is 3.21. The minimum absolute atomic E-state index is 0.0721. The van der Waals surface area contributed by atoms with Crippen molar-refractivity contribution in [2.24, 2.45) is 0 Å². The number of ether oxygens (including phenoxy) is 2. The highest BCUT2D eigenvalue weighted by Crippen LogP contribution is 2.29. The first kappa shape index (κ1) is 19.7. The molecule has 1 amide bonds. The third kappa shape index (κ3) is 5.01. The van der Waals surface area contributed by atoms with Crippen LogP contribution in [-0.2, 0) is 11.2 Å². The summed E-state index contributed by atoms with van der Waals surface area (Å²) in [5.41, 5.74) is 1.85. The van der Waals surface area contributed by atoms with Crippen molar-refractivity contribution in [2.75, 3.05) is 26.5 Å². The molecule has 0 spiro atoms. The molecule has 0 aliphatic rings. The summed E-state index contributed by atoms with van der Waals surface area (Å²) >= 11 is 1.26. The number of nitrogens with zero attached hydrogens (tertiary/aromatic N) is 4. The van der Waals surface area contributed by atoms with Crippen molar-refractivity contribution in [3.63, 3.8) is 0 Å². The summed E-state index contributed by atoms with van der Waals surface area (Å²) in [6.07, 6.45) is 0.790. The van der Waals surface area contributed by atoms with E-state index in [2.05, 4.69) is 20.8 Å². The Morgan fingerprint density at radius 2 is 1.96 bits per heavy atom. The van der Waals surface area contributed by atoms with E-state index in [1.165, 1.54) is 17.3 Å². The molecule has 0 saturated carbocycles. The van der Waals surface area contributed by atoms with E-state index in [1.807, 2.05) is 30.3 Å². The molecule has 0 fully saturated rings. The van der Waals surface area contributed by atoms with Crippen LogP contribution in [-0.4, -0.2) is 52.6 Å². The number of carbonyl (C=O) groups is 1. The van der Waals surface area contributed by atoms with Crippen molar-refractivity contribution < 1.29 is 14.3 Å². The van der Waals surface area contributed by atoms with Gasteiger partial charge in [-0.1, -0.05) is 42.1 Å². The van der Waals surface area contributed by atoms with Crippen LogP contribution in [0.4, 0.5) is 0 Å². The largest absolute Gasteiger partial charge is 0.497 e. The van der Waals surface area contributed by atoms with E-state index >= 15 is 0 Å². The SMILES string of the molecule is COc1ccc(-n2nnnc2SCC(=O)NCCc2ccccc2)c(OC)c1. The molecule has 3 aromatic rings. The molecule has 3 rings (SSSR count). The highest BCUT2D eigenvalue weighted by Gasteiger charge is 2.15. The van der Waals surface area contributed by atoms with Gasteiger partial charge < -0.3 is 14.8 Å². The van der Waals surface area contributed by atoms with Crippen molar-refractivity contribution in [3.05, 3.63) is 54.1 Å². The predicted molar refractivity (Wildman–Crippen MR) is 106 cm³/mol. The standard InChI is InChI=1S/C19H21N5O3S/c1-26-15-8-9-16(17(12-15)27-2)24-19(21-22-23-24)28-13-18(25)20-11-10-14-6-4-3-5-7-14/h3-9,12H,10-11,13H2,1-2H3,(H,20,25). The topological polar surface area (TPSA) is 91.2 Å². The van der Waals surface area contributed by atoms with Crippen LogP contribution in [0, 0.1) is 0 Å². The molecule has 0 aliphatic carbocycles. The van der Waals surface area contributed by atoms with Gasteiger partial charge in [0.05, 0.1) is 20.0 Å². The second-order valence-electron chi connectivity index (χ2n) is 5.79. The van der Waals surface area contributed by atoms with Gasteiger partial charge in [0, 0.05) is 12.6 Å². The lowest BCUT2D eigenvalue weighted by molar-refractivity contribution is -0.118. The van der Waals surface area contributed by atoms with E-state index < -0.39 is 0 Å². The number of carbonyl (C=O) groups excluding carboxylic acids is 1. The summed E-state index contributed by atoms with van der Waals surface area (Å²) in [5.74, 6) is 1.38. The molecule has 0 saturated heterocycles. The van der Waals surface area contributed by atoms with Gasteiger partial charge in [0.2, 0.25) is 11.1 Å². The molecule has 2 aromatic carbocycles. The van der Waals surface area contributed by atoms with Crippen LogP contribution < -0.4 is 14.8 Å². The first-order chi connectivity index (χ1) is 13.7. The van der Waals surface area contributed by atoms with Crippen LogP contribution in [0.1, 0.15) is 5.56 Å². The van der Waals surface area contributed by atoms with Crippen LogP contribution in [0.15, 0.2) is 53.7 Å². The number of aromatic nitrogens is 4. The van der Waals surface area contributed by atoms with E-state index in [0.29, 0.717) is 28.9 Å². The quantitative estimate of drug-likeness (QED) is 0.551. The molecule has 1 N–H and O–H groups in total. The number of amides is 1. The van der Waals surface area contributed by atoms with E-state index in [1.54, 1.807) is 37.1 Å². The fourth-order valence-electron chi connectivity index (χ4n) is 2.55. The van der Waals surface area contributed by atoms with Crippen molar-refractivity contribution in [3.8, 4) is 17.2 Å². The molecule has 0 aliphatic heterocycles. The smallest absolute Gasteiger partial charge is 0.230 e. The first-order valence-electron chi connectivity index (χ1n) is 8.65. The average molecular weight is 399 g/mol. The third-order valence-corrected chi connectivity index (χ3v) is 4.89. The molecule has 0 radical (unpaired) electrons. The number of rotatable bonds is 9. The summed E-state index contributed by atoms with van der Waals surface area (Å²) in [4.78, 5) is 12.1. The number of tetrazole rings is 1. The second kappa shape index (κ2) is 9.75. The molecule has 9 heteroatoms. The highest BCUT2D eigenvalue weighted by molar-refractivity contribution is 7.99. The zero-order chi connectivity index (χ0) is 19.8. The molecule has 1 aromatic heterocycles. The lowest BCUT2D eigenvalue weighted by atomic mass is 10.1. The Bertz CT molecular complexity index is 917. The van der Waals surface area contributed by atoms with Crippen LogP contribution in [0.25, 0.3) is 5.69 Å². The van der Waals surface area contributed by atoms with E-state index in [0.717, 1.165) is 6.42 Å². The lowest BCUT2D eigenvalue weighted by Gasteiger charge is -2.11. The van der Waals surface area contributed by atoms with Crippen LogP contribution in [0.3, 0.4) is 0 Å². The molecule has 0 unspecified atom stereocenters. The fraction of sp³-hybridized carbons (Fsp3) is 0.263. The summed E-state index contributed by atoms with van der Waals surface area (Å²) in [6, 6.07) is 15.4. The zero-order valence-electron chi connectivity index (χ0n) is 15.7. The van der Waals surface area contributed by atoms with Crippen LogP contribution in [0.2, 0.25) is 0 Å². The number of nitrogens with one attached hydrogen (secondary N) is 1. The Labute approximate surface area is 167 Å². The monoisotopic (exact) mass is 399 g/mol. The number of methoxy groups -OCH3 is 2. The fourth-order valence-corrected chi connectivity index (χ4v) is 3.27.